The molecule has 0 radical (unpaired) electrons. The van der Waals surface area contributed by atoms with Crippen LogP contribution in [-0.4, -0.2) is 0 Å². The highest BCUT2D eigenvalue weighted by molar-refractivity contribution is 6.31. The molecule has 3 nitrogen and oxygen atoms in total. The fourth-order valence-corrected chi connectivity index (χ4v) is 2.35. The highest BCUT2D eigenvalue weighted by Crippen LogP contribution is 2.27. The third-order valence-corrected chi connectivity index (χ3v) is 3.45. The number of hydrogen-bond acceptors (Lipinski definition) is 3. The number of fused-ring (bicyclic) bond motifs is 1. The third kappa shape index (κ3) is 2.06. The van der Waals surface area contributed by atoms with Gasteiger partial charge in [0.05, 0.1) is 10.9 Å². The summed E-state index contributed by atoms with van der Waals surface area (Å²) in [5.74, 6) is 0.119. The van der Waals surface area contributed by atoms with Gasteiger partial charge in [-0.15, -0.1) is 0 Å². The summed E-state index contributed by atoms with van der Waals surface area (Å²) in [7, 11) is 0. The van der Waals surface area contributed by atoms with Crippen molar-refractivity contribution in [1.29, 1.82) is 0 Å². The Morgan fingerprint density at radius 3 is 2.50 bits per heavy atom. The smallest absolute Gasteiger partial charge is 0.202 e. The zero-order valence-electron chi connectivity index (χ0n) is 10.8. The minimum Gasteiger partial charge on any atom is -0.440 e. The van der Waals surface area contributed by atoms with E-state index in [1.54, 1.807) is 18.2 Å². The number of aryl methyl sites for hydroxylation is 1. The second kappa shape index (κ2) is 4.69. The molecule has 0 bridgehead atoms. The number of nitrogens with two attached hydrogens (primary N) is 1. The first-order chi connectivity index (χ1) is 9.56. The predicted octanol–water partition coefficient (Wildman–Crippen LogP) is 4.00. The molecular formula is C16H12ClNO2. The molecule has 0 atom stereocenters. The van der Waals surface area contributed by atoms with Gasteiger partial charge in [0.15, 0.2) is 0 Å². The largest absolute Gasteiger partial charge is 0.440 e. The number of rotatable bonds is 1. The average molecular weight is 286 g/mol. The lowest BCUT2D eigenvalue weighted by Crippen LogP contribution is -2.08. The molecule has 0 unspecified atom stereocenters. The Balaban J connectivity index is 2.36. The van der Waals surface area contributed by atoms with E-state index in [4.69, 9.17) is 21.8 Å². The molecule has 20 heavy (non-hydrogen) atoms. The molecule has 1 aromatic heterocycles. The van der Waals surface area contributed by atoms with Crippen LogP contribution in [0.3, 0.4) is 0 Å². The van der Waals surface area contributed by atoms with Gasteiger partial charge in [0.1, 0.15) is 5.58 Å². The van der Waals surface area contributed by atoms with Crippen LogP contribution >= 0.6 is 11.6 Å². The molecule has 0 saturated heterocycles. The topological polar surface area (TPSA) is 56.2 Å². The summed E-state index contributed by atoms with van der Waals surface area (Å²) >= 11 is 5.94. The Morgan fingerprint density at radius 1 is 1.10 bits per heavy atom. The van der Waals surface area contributed by atoms with Crippen LogP contribution in [0.1, 0.15) is 5.56 Å². The molecule has 1 heterocycles. The molecule has 2 aromatic carbocycles. The van der Waals surface area contributed by atoms with E-state index in [1.165, 1.54) is 0 Å². The van der Waals surface area contributed by atoms with Crippen molar-refractivity contribution >= 4 is 28.5 Å². The van der Waals surface area contributed by atoms with Crippen molar-refractivity contribution in [2.45, 2.75) is 6.92 Å². The summed E-state index contributed by atoms with van der Waals surface area (Å²) in [6.45, 7) is 1.98. The lowest BCUT2D eigenvalue weighted by molar-refractivity contribution is 0.626. The summed E-state index contributed by atoms with van der Waals surface area (Å²) in [6.07, 6.45) is 0. The SMILES string of the molecule is Cc1ccc(-c2c(N)oc3ccc(Cl)cc3c2=O)cc1. The highest BCUT2D eigenvalue weighted by Gasteiger charge is 2.14. The van der Waals surface area contributed by atoms with Crippen LogP contribution in [0.2, 0.25) is 5.02 Å². The monoisotopic (exact) mass is 285 g/mol. The molecule has 0 aliphatic carbocycles. The molecule has 3 rings (SSSR count). The van der Waals surface area contributed by atoms with Crippen molar-refractivity contribution in [1.82, 2.24) is 0 Å². The van der Waals surface area contributed by atoms with Gasteiger partial charge >= 0.3 is 0 Å². The maximum atomic E-state index is 12.6. The van der Waals surface area contributed by atoms with Crippen molar-refractivity contribution in [3.63, 3.8) is 0 Å². The van der Waals surface area contributed by atoms with Gasteiger partial charge in [-0.1, -0.05) is 41.4 Å². The molecule has 3 aromatic rings. The Kier molecular flexibility index (Phi) is 2.99. The van der Waals surface area contributed by atoms with E-state index >= 15 is 0 Å². The van der Waals surface area contributed by atoms with Crippen molar-refractivity contribution < 1.29 is 4.42 Å². The fraction of sp³-hybridized carbons (Fsp3) is 0.0625. The normalized spacial score (nSPS) is 10.9. The van der Waals surface area contributed by atoms with Gasteiger partial charge in [0.2, 0.25) is 11.3 Å². The summed E-state index contributed by atoms with van der Waals surface area (Å²) in [5.41, 5.74) is 8.39. The lowest BCUT2D eigenvalue weighted by Gasteiger charge is -2.07. The maximum Gasteiger partial charge on any atom is 0.202 e. The highest BCUT2D eigenvalue weighted by atomic mass is 35.5. The molecule has 0 saturated carbocycles. The third-order valence-electron chi connectivity index (χ3n) is 3.22. The number of halogens is 1. The zero-order valence-corrected chi connectivity index (χ0v) is 11.6. The Labute approximate surface area is 120 Å². The van der Waals surface area contributed by atoms with Gasteiger partial charge in [0.25, 0.3) is 0 Å². The first kappa shape index (κ1) is 12.8. The molecule has 0 aliphatic rings. The van der Waals surface area contributed by atoms with E-state index in [-0.39, 0.29) is 11.3 Å². The molecule has 4 heteroatoms. The van der Waals surface area contributed by atoms with Crippen molar-refractivity contribution in [3.05, 3.63) is 63.3 Å². The van der Waals surface area contributed by atoms with Crippen molar-refractivity contribution in [2.75, 3.05) is 5.73 Å². The zero-order chi connectivity index (χ0) is 14.3. The van der Waals surface area contributed by atoms with E-state index in [0.29, 0.717) is 21.6 Å². The fourth-order valence-electron chi connectivity index (χ4n) is 2.18. The van der Waals surface area contributed by atoms with Gasteiger partial charge in [-0.3, -0.25) is 4.79 Å². The van der Waals surface area contributed by atoms with Crippen LogP contribution in [0.15, 0.2) is 51.7 Å². The number of nitrogen functional groups attached to an aromatic ring is 1. The van der Waals surface area contributed by atoms with Gasteiger partial charge in [-0.05, 0) is 30.7 Å². The molecule has 0 spiro atoms. The second-order valence-corrected chi connectivity index (χ2v) is 5.11. The molecule has 2 N–H and O–H groups in total. The summed E-state index contributed by atoms with van der Waals surface area (Å²) in [5, 5.41) is 0.923. The van der Waals surface area contributed by atoms with E-state index in [1.807, 2.05) is 31.2 Å². The van der Waals surface area contributed by atoms with Crippen LogP contribution in [0.5, 0.6) is 0 Å². The lowest BCUT2D eigenvalue weighted by atomic mass is 10.0. The van der Waals surface area contributed by atoms with Crippen LogP contribution < -0.4 is 11.2 Å². The van der Waals surface area contributed by atoms with E-state index < -0.39 is 0 Å². The summed E-state index contributed by atoms with van der Waals surface area (Å²) in [6, 6.07) is 12.5. The van der Waals surface area contributed by atoms with Crippen LogP contribution in [0, 0.1) is 6.92 Å². The second-order valence-electron chi connectivity index (χ2n) is 4.68. The van der Waals surface area contributed by atoms with Crippen LogP contribution in [0.25, 0.3) is 22.1 Å². The number of anilines is 1. The molecule has 0 fully saturated rings. The first-order valence-electron chi connectivity index (χ1n) is 6.15. The first-order valence-corrected chi connectivity index (χ1v) is 6.53. The van der Waals surface area contributed by atoms with Crippen LogP contribution in [0.4, 0.5) is 5.88 Å². The molecule has 0 aliphatic heterocycles. The quantitative estimate of drug-likeness (QED) is 0.735. The Morgan fingerprint density at radius 2 is 1.80 bits per heavy atom. The molecule has 100 valence electrons. The average Bonchev–Trinajstić information content (AvgIpc) is 2.42. The van der Waals surface area contributed by atoms with Crippen molar-refractivity contribution in [2.24, 2.45) is 0 Å². The van der Waals surface area contributed by atoms with Gasteiger partial charge in [-0.2, -0.15) is 0 Å². The predicted molar refractivity (Wildman–Crippen MR) is 82.1 cm³/mol. The minimum atomic E-state index is -0.171. The van der Waals surface area contributed by atoms with E-state index in [2.05, 4.69) is 0 Å². The minimum absolute atomic E-state index is 0.119. The summed E-state index contributed by atoms with van der Waals surface area (Å²) in [4.78, 5) is 12.6. The summed E-state index contributed by atoms with van der Waals surface area (Å²) < 4.78 is 5.53. The van der Waals surface area contributed by atoms with E-state index in [9.17, 15) is 4.79 Å². The van der Waals surface area contributed by atoms with Gasteiger partial charge in [0, 0.05) is 5.02 Å². The maximum absolute atomic E-state index is 12.6. The standard InChI is InChI=1S/C16H12ClNO2/c1-9-2-4-10(5-3-9)14-15(19)12-8-11(17)6-7-13(12)20-16(14)18/h2-8H,18H2,1H3. The number of hydrogen-bond donors (Lipinski definition) is 1. The van der Waals surface area contributed by atoms with Gasteiger partial charge in [-0.25, -0.2) is 0 Å². The van der Waals surface area contributed by atoms with E-state index in [0.717, 1.165) is 11.1 Å². The van der Waals surface area contributed by atoms with Crippen LogP contribution in [-0.2, 0) is 0 Å². The Hall–Kier alpha value is -2.26. The van der Waals surface area contributed by atoms with Crippen molar-refractivity contribution in [3.8, 4) is 11.1 Å². The van der Waals surface area contributed by atoms with Gasteiger partial charge < -0.3 is 10.2 Å². The Bertz CT molecular complexity index is 851. The number of benzene rings is 2. The molecule has 0 amide bonds. The molecular weight excluding hydrogens is 274 g/mol.